The summed E-state index contributed by atoms with van der Waals surface area (Å²) in [6.07, 6.45) is 1.82. The number of aryl methyl sites for hydroxylation is 1. The highest BCUT2D eigenvalue weighted by Gasteiger charge is 2.42. The number of nitrogens with two attached hydrogens (primary N) is 1. The number of carboxylic acids is 2. The van der Waals surface area contributed by atoms with Gasteiger partial charge in [-0.3, -0.25) is 70.0 Å². The number of halogens is 6. The number of ether oxygens (including phenoxy) is 7. The lowest BCUT2D eigenvalue weighted by molar-refractivity contribution is -0.116. The number of aromatic nitrogens is 4. The molecule has 44 nitrogen and oxygen atoms in total. The van der Waals surface area contributed by atoms with Gasteiger partial charge < -0.3 is 104 Å². The van der Waals surface area contributed by atoms with Gasteiger partial charge in [0.05, 0.1) is 154 Å². The number of aromatic amines is 1. The van der Waals surface area contributed by atoms with Crippen LogP contribution in [0.1, 0.15) is 129 Å². The average Bonchev–Trinajstić information content (AvgIpc) is 1.39. The van der Waals surface area contributed by atoms with Crippen LogP contribution in [0, 0.1) is 6.92 Å². The van der Waals surface area contributed by atoms with Crippen LogP contribution in [0.4, 0.5) is 5.82 Å². The van der Waals surface area contributed by atoms with E-state index < -0.39 is 171 Å². The Balaban J connectivity index is 0.547. The fraction of sp³-hybridized carbons (Fsp3) is 0.398. The second-order valence-corrected chi connectivity index (χ2v) is 38.3. The van der Waals surface area contributed by atoms with Crippen molar-refractivity contribution in [1.29, 1.82) is 0 Å². The maximum atomic E-state index is 13.6. The number of phenolic OH excluding ortho intramolecular Hbond substituents is 2. The first-order chi connectivity index (χ1) is 67.2. The summed E-state index contributed by atoms with van der Waals surface area (Å²) in [5.74, 6) is -5.71. The van der Waals surface area contributed by atoms with E-state index >= 15 is 0 Å². The Kier molecular flexibility index (Phi) is 39.4. The van der Waals surface area contributed by atoms with Crippen molar-refractivity contribution in [1.82, 2.24) is 35.1 Å². The Hall–Kier alpha value is -9.94. The number of phenols is 2. The Morgan fingerprint density at radius 1 is 0.553 bits per heavy atom. The van der Waals surface area contributed by atoms with Gasteiger partial charge in [-0.25, -0.2) is 32.9 Å². The lowest BCUT2D eigenvalue weighted by atomic mass is 9.89. The fourth-order valence-electron chi connectivity index (χ4n) is 15.0. The van der Waals surface area contributed by atoms with E-state index in [0.717, 1.165) is 27.5 Å². The summed E-state index contributed by atoms with van der Waals surface area (Å²) in [5, 5.41) is 58.4. The number of rotatable bonds is 53. The number of anilines is 1. The average molecular weight is 2150 g/mol. The minimum atomic E-state index is -4.89. The zero-order valence-corrected chi connectivity index (χ0v) is 81.8. The number of carboxylic acid groups (broad SMARTS) is 2. The molecule has 0 saturated carbocycles. The lowest BCUT2D eigenvalue weighted by Crippen LogP contribution is -2.33. The molecule has 3 amide bonds. The number of nitrogens with one attached hydrogen (secondary N) is 4. The molecule has 141 heavy (non-hydrogen) atoms. The van der Waals surface area contributed by atoms with Gasteiger partial charge in [0.1, 0.15) is 57.6 Å². The molecule has 4 aromatic carbocycles. The quantitative estimate of drug-likeness (QED) is 0.00729. The number of benzene rings is 6. The number of carbonyl (C=O) groups excluding carboxylic acids is 3. The van der Waals surface area contributed by atoms with Crippen LogP contribution in [0.3, 0.4) is 0 Å². The Labute approximate surface area is 829 Å². The molecule has 4 aliphatic heterocycles. The third kappa shape index (κ3) is 29.2. The molecular weight excluding hydrogens is 2050 g/mol. The highest BCUT2D eigenvalue weighted by molar-refractivity contribution is 7.47. The number of amides is 3. The molecule has 2 aromatic heterocycles. The van der Waals surface area contributed by atoms with Crippen molar-refractivity contribution in [2.24, 2.45) is 0 Å². The first-order valence-corrected chi connectivity index (χ1v) is 50.2. The van der Waals surface area contributed by atoms with Gasteiger partial charge in [0.15, 0.2) is 22.5 Å². The number of aliphatic hydroxyl groups excluding tert-OH is 1. The first kappa shape index (κ1) is 110. The smallest absolute Gasteiger partial charge is 0.472 e. The number of unbranched alkanes of at least 4 members (excludes halogenated alkanes) is 6. The van der Waals surface area contributed by atoms with E-state index in [0.29, 0.717) is 67.0 Å². The van der Waals surface area contributed by atoms with Crippen LogP contribution in [-0.4, -0.2) is 232 Å². The highest BCUT2D eigenvalue weighted by Crippen LogP contribution is 2.53. The summed E-state index contributed by atoms with van der Waals surface area (Å²) in [7, 11) is -14.1. The lowest BCUT2D eigenvalue weighted by Gasteiger charge is -2.21. The van der Waals surface area contributed by atoms with Gasteiger partial charge in [0.25, 0.3) is 17.4 Å². The molecule has 0 spiro atoms. The number of aromatic hydroxyl groups is 2. The molecule has 14 N–H and O–H groups in total. The van der Waals surface area contributed by atoms with E-state index in [-0.39, 0.29) is 211 Å². The van der Waals surface area contributed by atoms with Crippen molar-refractivity contribution >= 4 is 157 Å². The Bertz CT molecular complexity index is 6700. The molecule has 9 atom stereocenters. The van der Waals surface area contributed by atoms with Crippen LogP contribution in [0.25, 0.3) is 72.9 Å². The first-order valence-electron chi connectivity index (χ1n) is 43.5. The summed E-state index contributed by atoms with van der Waals surface area (Å²) >= 11 is 38.7. The van der Waals surface area contributed by atoms with Crippen LogP contribution < -0.4 is 49.5 Å². The van der Waals surface area contributed by atoms with Crippen molar-refractivity contribution < 1.29 is 147 Å². The number of phosphoric acid groups is 3. The summed E-state index contributed by atoms with van der Waals surface area (Å²) in [6.45, 7) is -1.68. The van der Waals surface area contributed by atoms with Gasteiger partial charge in [0.2, 0.25) is 11.3 Å². The van der Waals surface area contributed by atoms with Crippen molar-refractivity contribution in [2.45, 2.75) is 108 Å². The number of nitrogens with zero attached hydrogens (tertiary/aromatic N) is 3. The van der Waals surface area contributed by atoms with Crippen LogP contribution in [-0.2, 0) is 78.8 Å². The summed E-state index contributed by atoms with van der Waals surface area (Å²) in [6, 6.07) is 16.2. The van der Waals surface area contributed by atoms with Gasteiger partial charge in [-0.05, 0) is 98.8 Å². The number of H-pyrrole nitrogens is 1. The van der Waals surface area contributed by atoms with Crippen molar-refractivity contribution in [3.8, 4) is 56.4 Å². The van der Waals surface area contributed by atoms with E-state index in [1.54, 1.807) is 13.0 Å². The normalized spacial score (nSPS) is 17.4. The van der Waals surface area contributed by atoms with Crippen LogP contribution in [0.5, 0.6) is 11.5 Å². The number of nitrogen functional groups attached to an aromatic ring is 1. The molecule has 53 heteroatoms. The second-order valence-electron chi connectivity index (χ2n) is 31.6. The van der Waals surface area contributed by atoms with Gasteiger partial charge >= 0.3 is 46.8 Å². The number of aromatic carboxylic acids is 2. The number of hydrogen-bond acceptors (Lipinski definition) is 33. The molecule has 760 valence electrons. The number of phosphoric ester groups is 3. The number of aliphatic hydroxyl groups is 1. The largest absolute Gasteiger partial charge is 0.508 e. The molecule has 6 aromatic rings. The molecule has 2 saturated heterocycles. The van der Waals surface area contributed by atoms with Crippen molar-refractivity contribution in [3.05, 3.63) is 207 Å². The molecule has 0 bridgehead atoms. The fourth-order valence-corrected chi connectivity index (χ4v) is 18.8. The van der Waals surface area contributed by atoms with Crippen molar-refractivity contribution in [2.75, 3.05) is 124 Å². The third-order valence-corrected chi connectivity index (χ3v) is 26.8. The molecule has 6 unspecified atom stereocenters. The summed E-state index contributed by atoms with van der Waals surface area (Å²) in [4.78, 5) is 167. The van der Waals surface area contributed by atoms with Gasteiger partial charge in [-0.15, -0.1) is 0 Å². The topological polar surface area (TPSA) is 631 Å². The minimum Gasteiger partial charge on any atom is -0.508 e. The maximum Gasteiger partial charge on any atom is 0.472 e. The summed E-state index contributed by atoms with van der Waals surface area (Å²) in [5.41, 5.74) is 2.00. The molecule has 0 radical (unpaired) electrons. The summed E-state index contributed by atoms with van der Waals surface area (Å²) < 4.78 is 123. The SMILES string of the molecule is Cc1cn(C2CC(O)C(COP(=O)(O)OCCOCCOCCO[C@@H]3C[C@H](n4cc(/C=C/C(=O)NCCCCCCNC(=O)c5ccc(-c6c7ccc(=O)cc-7oc7cc(O)ccc67)c(C(=O)O)c5)c(=O)[nH]c4=O)O[C@@H]3COP(=O)(O)OCCOCCOCCOP(=O)(O)OCCCCCCNC(=O)c3c(Cl)cc(-c4c5cc(Cl)c(=O)c(Cl)c-5oc5c(Cl)c(O)c(Cl)cc45)c(C(=O)O)c3Cl)O2)c(=O)nc1N. The second kappa shape index (κ2) is 50.5. The van der Waals surface area contributed by atoms with E-state index in [1.807, 2.05) is 0 Å². The van der Waals surface area contributed by atoms with E-state index in [1.165, 1.54) is 72.9 Å². The van der Waals surface area contributed by atoms with Gasteiger partial charge in [0, 0.05) is 113 Å². The molecule has 6 heterocycles. The monoisotopic (exact) mass is 2140 g/mol. The van der Waals surface area contributed by atoms with E-state index in [4.69, 9.17) is 144 Å². The number of fused-ring (bicyclic) bond motifs is 4. The van der Waals surface area contributed by atoms with Crippen LogP contribution in [0.15, 0.2) is 124 Å². The Morgan fingerprint density at radius 3 is 1.77 bits per heavy atom. The minimum absolute atomic E-state index is 0.00604. The van der Waals surface area contributed by atoms with Crippen molar-refractivity contribution in [3.63, 3.8) is 0 Å². The number of carbonyl (C=O) groups is 5. The predicted octanol–water partition coefficient (Wildman–Crippen LogP) is 12.1. The van der Waals surface area contributed by atoms with Gasteiger partial charge in [-0.2, -0.15) is 4.98 Å². The molecule has 2 fully saturated rings. The molecule has 12 rings (SSSR count). The van der Waals surface area contributed by atoms with Crippen LogP contribution in [0.2, 0.25) is 30.1 Å². The molecule has 6 aliphatic rings. The predicted molar refractivity (Wildman–Crippen MR) is 510 cm³/mol. The standard InChI is InChI=1S/C88H95Cl6N8O36P3/c1-46-42-101(87(116)99-81(46)95)68-40-61(105)65(136-68)44-133-140(120,121)131-32-28-125-23-22-124-26-30-128-64-41-69(102-43-48(83(110)100-88(102)117)11-17-67(106)96-18-6-2-3-7-19-97-82(109)47-10-14-51(54(34-47)85(112)113)70-52-15-12-49(103)35-62(52)135-63-36-50(104)13-16-53(63)70)137-66(64)45-134-141(122,123)132-33-29-127-25-24-126-27-31-130-139(118,119)129-21-9-5-4-8-20-98-84(111)73-58(89)37-55(72(74(73)92)86(114)115)71-56-38-59(90)77(107)75(93)79(56)138-80-57(71)39-60(91)78(108)76(80)94/h10-17,34-39,42-43,61,64-66,68-69,103,105,107H,2-9,18-33,40-41,44-45H2,1H3,(H,96,106)(H,97,109)(H,98,111)(H,112,113)(H,114,115)(H,118,119)(H,120,121)(H,122,123)(H2,95,99,116)(H,100,110,117)/b17-11+/t61?,64-,65?,66-,68?,69-/m1/s1. The van der Waals surface area contributed by atoms with E-state index in [9.17, 15) is 102 Å². The zero-order valence-electron chi connectivity index (χ0n) is 74.5. The third-order valence-electron chi connectivity index (χ3n) is 21.9. The molecular formula is C88H95Cl6N8O36P3. The Morgan fingerprint density at radius 2 is 1.12 bits per heavy atom. The maximum absolute atomic E-state index is 13.6. The van der Waals surface area contributed by atoms with E-state index in [2.05, 4.69) is 25.9 Å². The molecule has 2 aliphatic carbocycles. The zero-order chi connectivity index (χ0) is 102. The van der Waals surface area contributed by atoms with Crippen LogP contribution >= 0.6 is 93.1 Å². The van der Waals surface area contributed by atoms with Gasteiger partial charge in [-0.1, -0.05) is 101 Å². The number of hydrogen-bond donors (Lipinski definition) is 13. The highest BCUT2D eigenvalue weighted by atomic mass is 35.5.